The lowest BCUT2D eigenvalue weighted by Crippen LogP contribution is -2.22. The van der Waals surface area contributed by atoms with Gasteiger partial charge in [0.25, 0.3) is 0 Å². The quantitative estimate of drug-likeness (QED) is 0.517. The number of fused-ring (bicyclic) bond motifs is 1. The molecule has 0 saturated heterocycles. The zero-order valence-corrected chi connectivity index (χ0v) is 6.30. The van der Waals surface area contributed by atoms with Gasteiger partial charge >= 0.3 is 5.65 Å². The first kappa shape index (κ1) is 5.73. The first-order valence-electron chi connectivity index (χ1n) is 2.97. The van der Waals surface area contributed by atoms with Crippen molar-refractivity contribution in [2.75, 3.05) is 0 Å². The molecule has 0 saturated carbocycles. The van der Waals surface area contributed by atoms with E-state index in [2.05, 4.69) is 9.47 Å². The SMILES string of the molecule is Cc1sn[n+]2cccnc12. The predicted molar refractivity (Wildman–Crippen MR) is 37.8 cm³/mol. The summed E-state index contributed by atoms with van der Waals surface area (Å²) in [6.45, 7) is 2.01. The summed E-state index contributed by atoms with van der Waals surface area (Å²) in [6, 6.07) is 1.87. The largest absolute Gasteiger partial charge is 0.363 e. The van der Waals surface area contributed by atoms with Crippen molar-refractivity contribution in [3.05, 3.63) is 23.3 Å². The molecule has 2 aromatic heterocycles. The number of rotatable bonds is 0. The van der Waals surface area contributed by atoms with Crippen LogP contribution in [0.25, 0.3) is 5.65 Å². The first-order chi connectivity index (χ1) is 4.88. The van der Waals surface area contributed by atoms with Crippen LogP contribution in [0.3, 0.4) is 0 Å². The first-order valence-corrected chi connectivity index (χ1v) is 3.74. The summed E-state index contributed by atoms with van der Waals surface area (Å²) in [4.78, 5) is 5.30. The molecule has 2 heterocycles. The summed E-state index contributed by atoms with van der Waals surface area (Å²) in [7, 11) is 0. The second kappa shape index (κ2) is 1.98. The van der Waals surface area contributed by atoms with Crippen LogP contribution in [-0.2, 0) is 0 Å². The van der Waals surface area contributed by atoms with E-state index in [-0.39, 0.29) is 0 Å². The second-order valence-electron chi connectivity index (χ2n) is 2.02. The van der Waals surface area contributed by atoms with E-state index < -0.39 is 0 Å². The van der Waals surface area contributed by atoms with Crippen molar-refractivity contribution in [2.45, 2.75) is 6.92 Å². The van der Waals surface area contributed by atoms with Gasteiger partial charge in [0, 0.05) is 17.6 Å². The lowest BCUT2D eigenvalue weighted by molar-refractivity contribution is -0.574. The van der Waals surface area contributed by atoms with Gasteiger partial charge in [0.1, 0.15) is 17.3 Å². The molecule has 2 aromatic rings. The van der Waals surface area contributed by atoms with Crippen molar-refractivity contribution in [3.63, 3.8) is 0 Å². The smallest absolute Gasteiger partial charge is 0.0896 e. The van der Waals surface area contributed by atoms with E-state index >= 15 is 0 Å². The van der Waals surface area contributed by atoms with Crippen LogP contribution in [0.2, 0.25) is 0 Å². The highest BCUT2D eigenvalue weighted by Gasteiger charge is 2.08. The van der Waals surface area contributed by atoms with Gasteiger partial charge in [0.2, 0.25) is 0 Å². The third kappa shape index (κ3) is 0.690. The van der Waals surface area contributed by atoms with Gasteiger partial charge in [-0.2, -0.15) is 0 Å². The Bertz CT molecular complexity index is 355. The molecule has 2 rings (SSSR count). The van der Waals surface area contributed by atoms with Crippen LogP contribution in [-0.4, -0.2) is 9.47 Å². The van der Waals surface area contributed by atoms with Crippen molar-refractivity contribution in [1.29, 1.82) is 0 Å². The molecule has 10 heavy (non-hydrogen) atoms. The normalized spacial score (nSPS) is 10.5. The van der Waals surface area contributed by atoms with Crippen molar-refractivity contribution in [3.8, 4) is 0 Å². The van der Waals surface area contributed by atoms with Gasteiger partial charge in [-0.25, -0.2) is 0 Å². The lowest BCUT2D eigenvalue weighted by Gasteiger charge is -1.74. The van der Waals surface area contributed by atoms with Crippen molar-refractivity contribution in [1.82, 2.24) is 9.47 Å². The maximum Gasteiger partial charge on any atom is 0.363 e. The zero-order chi connectivity index (χ0) is 6.97. The Labute approximate surface area is 62.1 Å². The van der Waals surface area contributed by atoms with E-state index in [0.717, 1.165) is 10.5 Å². The molecular formula is C6H6N3S+. The van der Waals surface area contributed by atoms with Gasteiger partial charge < -0.3 is 0 Å². The van der Waals surface area contributed by atoms with Gasteiger partial charge in [0.15, 0.2) is 0 Å². The Morgan fingerprint density at radius 1 is 1.60 bits per heavy atom. The monoisotopic (exact) mass is 152 g/mol. The third-order valence-electron chi connectivity index (χ3n) is 1.31. The molecule has 0 unspecified atom stereocenters. The summed E-state index contributed by atoms with van der Waals surface area (Å²) in [5.74, 6) is 0. The van der Waals surface area contributed by atoms with Crippen molar-refractivity contribution < 1.29 is 4.52 Å². The Kier molecular flexibility index (Phi) is 1.14. The standard InChI is InChI=1S/C6H6N3S/c1-5-6-7-3-2-4-9(6)8-10-5/h2-4H,1H3/q+1. The summed E-state index contributed by atoms with van der Waals surface area (Å²) >= 11 is 1.47. The average molecular weight is 152 g/mol. The fourth-order valence-electron chi connectivity index (χ4n) is 0.828. The fourth-order valence-corrected chi connectivity index (χ4v) is 1.40. The molecule has 3 nitrogen and oxygen atoms in total. The fraction of sp³-hybridized carbons (Fsp3) is 0.167. The zero-order valence-electron chi connectivity index (χ0n) is 5.48. The van der Waals surface area contributed by atoms with Crippen molar-refractivity contribution >= 4 is 17.2 Å². The number of aromatic nitrogens is 3. The molecule has 0 amide bonds. The highest BCUT2D eigenvalue weighted by atomic mass is 32.1. The molecule has 50 valence electrons. The van der Waals surface area contributed by atoms with Gasteiger partial charge in [0.05, 0.1) is 0 Å². The molecule has 0 spiro atoms. The van der Waals surface area contributed by atoms with E-state index in [0.29, 0.717) is 0 Å². The molecule has 0 fully saturated rings. The number of hydrogen-bond donors (Lipinski definition) is 0. The number of nitrogens with zero attached hydrogens (tertiary/aromatic N) is 3. The van der Waals surface area contributed by atoms with Gasteiger partial charge in [-0.05, 0) is 16.4 Å². The van der Waals surface area contributed by atoms with E-state index in [4.69, 9.17) is 0 Å². The highest BCUT2D eigenvalue weighted by Crippen LogP contribution is 2.03. The minimum absolute atomic E-state index is 0.951. The molecule has 0 aromatic carbocycles. The Balaban J connectivity index is 2.93. The van der Waals surface area contributed by atoms with Crippen LogP contribution in [0.15, 0.2) is 18.5 Å². The van der Waals surface area contributed by atoms with E-state index in [1.807, 2.05) is 19.2 Å². The molecule has 0 aliphatic carbocycles. The molecule has 0 N–H and O–H groups in total. The van der Waals surface area contributed by atoms with E-state index in [9.17, 15) is 0 Å². The summed E-state index contributed by atoms with van der Waals surface area (Å²) in [5, 5.41) is 0. The van der Waals surface area contributed by atoms with E-state index in [1.54, 1.807) is 10.7 Å². The molecule has 0 aliphatic rings. The highest BCUT2D eigenvalue weighted by molar-refractivity contribution is 7.05. The van der Waals surface area contributed by atoms with Crippen LogP contribution in [0, 0.1) is 6.92 Å². The van der Waals surface area contributed by atoms with Crippen LogP contribution in [0.4, 0.5) is 0 Å². The lowest BCUT2D eigenvalue weighted by atomic mass is 10.5. The molecule has 0 aliphatic heterocycles. The summed E-state index contributed by atoms with van der Waals surface area (Å²) in [5.41, 5.74) is 0.951. The maximum absolute atomic E-state index is 4.15. The molecule has 0 radical (unpaired) electrons. The minimum atomic E-state index is 0.951. The summed E-state index contributed by atoms with van der Waals surface area (Å²) < 4.78 is 5.89. The van der Waals surface area contributed by atoms with Gasteiger partial charge in [-0.3, -0.25) is 0 Å². The van der Waals surface area contributed by atoms with Crippen LogP contribution < -0.4 is 4.52 Å². The summed E-state index contributed by atoms with van der Waals surface area (Å²) in [6.07, 6.45) is 3.67. The topological polar surface area (TPSA) is 29.9 Å². The predicted octanol–water partition coefficient (Wildman–Crippen LogP) is 0.585. The third-order valence-corrected chi connectivity index (χ3v) is 2.02. The van der Waals surface area contributed by atoms with Crippen LogP contribution >= 0.6 is 11.5 Å². The number of aryl methyl sites for hydroxylation is 1. The number of hydrogen-bond acceptors (Lipinski definition) is 3. The second-order valence-corrected chi connectivity index (χ2v) is 2.98. The minimum Gasteiger partial charge on any atom is -0.0896 e. The average Bonchev–Trinajstić information content (AvgIpc) is 2.34. The van der Waals surface area contributed by atoms with Gasteiger partial charge in [-0.15, -0.1) is 0 Å². The van der Waals surface area contributed by atoms with Gasteiger partial charge in [-0.1, -0.05) is 4.52 Å². The van der Waals surface area contributed by atoms with Crippen LogP contribution in [0.5, 0.6) is 0 Å². The van der Waals surface area contributed by atoms with Crippen LogP contribution in [0.1, 0.15) is 4.88 Å². The Morgan fingerprint density at radius 2 is 2.50 bits per heavy atom. The molecule has 4 heteroatoms. The molecule has 0 atom stereocenters. The Hall–Kier alpha value is -1.03. The van der Waals surface area contributed by atoms with E-state index in [1.165, 1.54) is 11.5 Å². The van der Waals surface area contributed by atoms with Crippen molar-refractivity contribution in [2.24, 2.45) is 0 Å². The molecule has 0 bridgehead atoms. The maximum atomic E-state index is 4.15. The molecular weight excluding hydrogens is 146 g/mol. The Morgan fingerprint density at radius 3 is 3.30 bits per heavy atom.